The van der Waals surface area contributed by atoms with E-state index in [0.717, 1.165) is 45.7 Å². The molecule has 1 N–H and O–H groups in total. The number of hydrogen-bond acceptors (Lipinski definition) is 4. The third-order valence-electron chi connectivity index (χ3n) is 6.07. The van der Waals surface area contributed by atoms with Crippen molar-refractivity contribution in [3.8, 4) is 17.2 Å². The number of methoxy groups -OCH3 is 1. The van der Waals surface area contributed by atoms with Crippen LogP contribution in [0, 0.1) is 0 Å². The maximum Gasteiger partial charge on any atom is 0.387 e. The summed E-state index contributed by atoms with van der Waals surface area (Å²) in [6, 6.07) is 20.4. The molecule has 0 aliphatic carbocycles. The number of alkyl halides is 2. The maximum absolute atomic E-state index is 12.6. The number of rotatable bonds is 7. The molecule has 1 aliphatic heterocycles. The minimum Gasteiger partial charge on any atom is -0.497 e. The number of aromatic nitrogens is 1. The number of hydrogen-bond donors (Lipinski definition) is 1. The molecule has 5 rings (SSSR count). The van der Waals surface area contributed by atoms with Gasteiger partial charge in [-0.1, -0.05) is 34.1 Å². The van der Waals surface area contributed by atoms with Crippen LogP contribution < -0.4 is 14.2 Å². The highest BCUT2D eigenvalue weighted by Gasteiger charge is 2.32. The Hall–Kier alpha value is -3.10. The number of nitrogens with zero attached hydrogens (tertiary/aromatic N) is 1. The zero-order valence-corrected chi connectivity index (χ0v) is 20.0. The van der Waals surface area contributed by atoms with Gasteiger partial charge in [0, 0.05) is 27.6 Å². The van der Waals surface area contributed by atoms with E-state index in [9.17, 15) is 8.78 Å². The molecular formula is C26H23BrF2N2O3. The monoisotopic (exact) mass is 528 g/mol. The predicted molar refractivity (Wildman–Crippen MR) is 130 cm³/mol. The van der Waals surface area contributed by atoms with Gasteiger partial charge in [-0.15, -0.1) is 0 Å². The molecule has 4 aromatic rings. The van der Waals surface area contributed by atoms with Gasteiger partial charge in [0.15, 0.2) is 0 Å². The number of H-pyrrole nitrogens is 1. The summed E-state index contributed by atoms with van der Waals surface area (Å²) in [6.07, 6.45) is 0.867. The van der Waals surface area contributed by atoms with Gasteiger partial charge in [0.05, 0.1) is 13.2 Å². The van der Waals surface area contributed by atoms with Gasteiger partial charge in [0.1, 0.15) is 24.0 Å². The molecule has 1 unspecified atom stereocenters. The molecule has 176 valence electrons. The standard InChI is InChI=1S/C26H23BrF2N2O3/c1-32-18-7-9-19(10-8-18)33-15-31-13-12-22-21-11-4-17(27)14-23(21)30-24(22)25(31)16-2-5-20(6-3-16)34-26(28)29/h2-11,14,25-26,30H,12-13,15H2,1H3. The van der Waals surface area contributed by atoms with Crippen LogP contribution in [0.3, 0.4) is 0 Å². The van der Waals surface area contributed by atoms with Gasteiger partial charge in [0.25, 0.3) is 0 Å². The SMILES string of the molecule is COc1ccc(OCN2CCc3c([nH]c4cc(Br)ccc34)C2c2ccc(OC(F)F)cc2)cc1. The van der Waals surface area contributed by atoms with E-state index >= 15 is 0 Å². The Morgan fingerprint density at radius 1 is 1.00 bits per heavy atom. The van der Waals surface area contributed by atoms with Gasteiger partial charge in [-0.3, -0.25) is 4.90 Å². The van der Waals surface area contributed by atoms with E-state index in [1.807, 2.05) is 42.5 Å². The van der Waals surface area contributed by atoms with E-state index in [-0.39, 0.29) is 11.8 Å². The molecule has 0 saturated heterocycles. The average Bonchev–Trinajstić information content (AvgIpc) is 3.20. The van der Waals surface area contributed by atoms with Crippen molar-refractivity contribution in [3.05, 3.63) is 88.0 Å². The molecule has 8 heteroatoms. The number of benzene rings is 3. The van der Waals surface area contributed by atoms with Crippen molar-refractivity contribution < 1.29 is 23.0 Å². The molecule has 1 atom stereocenters. The number of halogens is 3. The predicted octanol–water partition coefficient (Wildman–Crippen LogP) is 6.52. The molecule has 1 aromatic heterocycles. The lowest BCUT2D eigenvalue weighted by Crippen LogP contribution is -2.38. The molecule has 0 spiro atoms. The quantitative estimate of drug-likeness (QED) is 0.296. The van der Waals surface area contributed by atoms with Crippen molar-refractivity contribution in [1.29, 1.82) is 0 Å². The minimum absolute atomic E-state index is 0.131. The molecule has 0 fully saturated rings. The molecule has 0 saturated carbocycles. The molecule has 34 heavy (non-hydrogen) atoms. The fraction of sp³-hybridized carbons (Fsp3) is 0.231. The second kappa shape index (κ2) is 9.64. The number of ether oxygens (including phenoxy) is 3. The van der Waals surface area contributed by atoms with E-state index in [1.54, 1.807) is 19.2 Å². The fourth-order valence-electron chi connectivity index (χ4n) is 4.50. The summed E-state index contributed by atoms with van der Waals surface area (Å²) >= 11 is 3.55. The zero-order chi connectivity index (χ0) is 23.7. The molecule has 5 nitrogen and oxygen atoms in total. The summed E-state index contributed by atoms with van der Waals surface area (Å²) in [6.45, 7) is -1.70. The van der Waals surface area contributed by atoms with E-state index in [1.165, 1.54) is 10.9 Å². The largest absolute Gasteiger partial charge is 0.497 e. The average molecular weight is 529 g/mol. The highest BCUT2D eigenvalue weighted by molar-refractivity contribution is 9.10. The topological polar surface area (TPSA) is 46.7 Å². The third kappa shape index (κ3) is 4.60. The smallest absolute Gasteiger partial charge is 0.387 e. The summed E-state index contributed by atoms with van der Waals surface area (Å²) in [5.41, 5.74) is 4.37. The van der Waals surface area contributed by atoms with Gasteiger partial charge >= 0.3 is 6.61 Å². The third-order valence-corrected chi connectivity index (χ3v) is 6.56. The van der Waals surface area contributed by atoms with Crippen LogP contribution in [0.1, 0.15) is 22.9 Å². The van der Waals surface area contributed by atoms with Crippen molar-refractivity contribution in [2.45, 2.75) is 19.1 Å². The van der Waals surface area contributed by atoms with E-state index in [2.05, 4.69) is 42.7 Å². The van der Waals surface area contributed by atoms with Gasteiger partial charge in [-0.2, -0.15) is 8.78 Å². The van der Waals surface area contributed by atoms with E-state index in [4.69, 9.17) is 9.47 Å². The summed E-state index contributed by atoms with van der Waals surface area (Å²) < 4.78 is 42.1. The van der Waals surface area contributed by atoms with E-state index in [0.29, 0.717) is 6.73 Å². The van der Waals surface area contributed by atoms with E-state index < -0.39 is 6.61 Å². The Labute approximate surface area is 204 Å². The first-order valence-electron chi connectivity index (χ1n) is 10.9. The first-order chi connectivity index (χ1) is 16.5. The van der Waals surface area contributed by atoms with Crippen molar-refractivity contribution in [3.63, 3.8) is 0 Å². The first kappa shape index (κ1) is 22.7. The zero-order valence-electron chi connectivity index (χ0n) is 18.4. The molecule has 1 aliphatic rings. The number of nitrogens with one attached hydrogen (secondary N) is 1. The first-order valence-corrected chi connectivity index (χ1v) is 11.7. The molecular weight excluding hydrogens is 506 g/mol. The van der Waals surface area contributed by atoms with Crippen molar-refractivity contribution >= 4 is 26.8 Å². The lowest BCUT2D eigenvalue weighted by Gasteiger charge is -2.35. The summed E-state index contributed by atoms with van der Waals surface area (Å²) in [7, 11) is 1.63. The lowest BCUT2D eigenvalue weighted by atomic mass is 9.93. The van der Waals surface area contributed by atoms with Crippen LogP contribution in [-0.2, 0) is 6.42 Å². The highest BCUT2D eigenvalue weighted by Crippen LogP contribution is 2.39. The van der Waals surface area contributed by atoms with Crippen LogP contribution in [0.15, 0.2) is 71.2 Å². The summed E-state index contributed by atoms with van der Waals surface area (Å²) in [5, 5.41) is 1.19. The van der Waals surface area contributed by atoms with Gasteiger partial charge in [-0.25, -0.2) is 0 Å². The van der Waals surface area contributed by atoms with Crippen LogP contribution in [-0.4, -0.2) is 36.9 Å². The molecule has 0 amide bonds. The van der Waals surface area contributed by atoms with Crippen molar-refractivity contribution in [2.24, 2.45) is 0 Å². The molecule has 0 bridgehead atoms. The molecule has 3 aromatic carbocycles. The lowest BCUT2D eigenvalue weighted by molar-refractivity contribution is -0.0498. The Balaban J connectivity index is 1.48. The molecule has 2 heterocycles. The Bertz CT molecular complexity index is 1280. The number of aromatic amines is 1. The van der Waals surface area contributed by atoms with Gasteiger partial charge < -0.3 is 19.2 Å². The Morgan fingerprint density at radius 2 is 1.71 bits per heavy atom. The Morgan fingerprint density at radius 3 is 2.41 bits per heavy atom. The second-order valence-corrected chi connectivity index (χ2v) is 8.98. The van der Waals surface area contributed by atoms with Crippen LogP contribution in [0.25, 0.3) is 10.9 Å². The van der Waals surface area contributed by atoms with Crippen molar-refractivity contribution in [1.82, 2.24) is 9.88 Å². The summed E-state index contributed by atoms with van der Waals surface area (Å²) in [5.74, 6) is 1.64. The molecule has 0 radical (unpaired) electrons. The second-order valence-electron chi connectivity index (χ2n) is 8.07. The van der Waals surface area contributed by atoms with Gasteiger partial charge in [0.2, 0.25) is 0 Å². The fourth-order valence-corrected chi connectivity index (χ4v) is 4.86. The minimum atomic E-state index is -2.85. The highest BCUT2D eigenvalue weighted by atomic mass is 79.9. The maximum atomic E-state index is 12.6. The van der Waals surface area contributed by atoms with Crippen LogP contribution in [0.5, 0.6) is 17.2 Å². The van der Waals surface area contributed by atoms with Crippen LogP contribution in [0.4, 0.5) is 8.78 Å². The van der Waals surface area contributed by atoms with Crippen LogP contribution >= 0.6 is 15.9 Å². The van der Waals surface area contributed by atoms with Crippen LogP contribution in [0.2, 0.25) is 0 Å². The summed E-state index contributed by atoms with van der Waals surface area (Å²) in [4.78, 5) is 5.84. The van der Waals surface area contributed by atoms with Gasteiger partial charge in [-0.05, 0) is 66.1 Å². The van der Waals surface area contributed by atoms with Crippen molar-refractivity contribution in [2.75, 3.05) is 20.4 Å². The number of fused-ring (bicyclic) bond motifs is 3. The Kier molecular flexibility index (Phi) is 6.43. The normalized spacial score (nSPS) is 16.0.